The second-order valence-corrected chi connectivity index (χ2v) is 6.60. The maximum absolute atomic E-state index is 14.1. The lowest BCUT2D eigenvalue weighted by molar-refractivity contribution is 0.437. The van der Waals surface area contributed by atoms with Gasteiger partial charge in [-0.05, 0) is 31.4 Å². The van der Waals surface area contributed by atoms with Crippen LogP contribution in [0, 0.1) is 12.7 Å². The number of imidazole rings is 1. The van der Waals surface area contributed by atoms with Crippen LogP contribution in [0.25, 0.3) is 17.2 Å². The molecule has 3 heterocycles. The molecule has 1 aromatic carbocycles. The zero-order valence-electron chi connectivity index (χ0n) is 15.5. The van der Waals surface area contributed by atoms with Gasteiger partial charge in [-0.1, -0.05) is 18.2 Å². The molecule has 0 amide bonds. The molecule has 0 N–H and O–H groups in total. The molecule has 0 aliphatic rings. The smallest absolute Gasteiger partial charge is 0.201 e. The Balaban J connectivity index is 1.71. The number of benzene rings is 1. The minimum atomic E-state index is -0.334. The number of hydrogen-bond acceptors (Lipinski definition) is 4. The topological polar surface area (TPSA) is 60.9 Å². The molecule has 0 saturated heterocycles. The molecule has 144 valence electrons. The molecule has 0 aliphatic heterocycles. The van der Waals surface area contributed by atoms with Crippen LogP contribution in [0.3, 0.4) is 0 Å². The van der Waals surface area contributed by atoms with Crippen LogP contribution >= 0.6 is 0 Å². The van der Waals surface area contributed by atoms with E-state index in [0.29, 0.717) is 54.2 Å². The number of aromatic nitrogens is 6. The molecule has 0 spiro atoms. The molecule has 4 rings (SSSR count). The summed E-state index contributed by atoms with van der Waals surface area (Å²) in [5.41, 5.74) is 2.47. The third-order valence-corrected chi connectivity index (χ3v) is 4.60. The van der Waals surface area contributed by atoms with Crippen molar-refractivity contribution in [3.05, 3.63) is 65.8 Å². The highest BCUT2D eigenvalue weighted by Crippen LogP contribution is 2.20. The second-order valence-electron chi connectivity index (χ2n) is 6.60. The summed E-state index contributed by atoms with van der Waals surface area (Å²) in [5.74, 6) is 0.964. The van der Waals surface area contributed by atoms with Gasteiger partial charge < -0.3 is 4.40 Å². The normalized spacial score (nSPS) is 11.4. The molecule has 0 fully saturated rings. The zero-order valence-corrected chi connectivity index (χ0v) is 15.5. The predicted molar refractivity (Wildman–Crippen MR) is 101 cm³/mol. The van der Waals surface area contributed by atoms with Crippen LogP contribution in [0.4, 0.5) is 8.78 Å². The largest absolute Gasteiger partial charge is 0.303 e. The van der Waals surface area contributed by atoms with E-state index in [1.54, 1.807) is 29.1 Å². The Morgan fingerprint density at radius 3 is 2.79 bits per heavy atom. The minimum absolute atomic E-state index is 0.273. The Labute approximate surface area is 160 Å². The Bertz CT molecular complexity index is 1100. The van der Waals surface area contributed by atoms with Gasteiger partial charge >= 0.3 is 0 Å². The number of hydrogen-bond donors (Lipinski definition) is 0. The Morgan fingerprint density at radius 2 is 1.96 bits per heavy atom. The van der Waals surface area contributed by atoms with Crippen molar-refractivity contribution in [1.29, 1.82) is 0 Å². The highest BCUT2D eigenvalue weighted by Gasteiger charge is 2.15. The van der Waals surface area contributed by atoms with Crippen molar-refractivity contribution in [1.82, 2.24) is 29.1 Å². The van der Waals surface area contributed by atoms with Crippen LogP contribution in [0.15, 0.2) is 42.9 Å². The van der Waals surface area contributed by atoms with Crippen LogP contribution in [-0.2, 0) is 13.0 Å². The molecule has 0 bridgehead atoms. The van der Waals surface area contributed by atoms with Gasteiger partial charge in [-0.3, -0.25) is 4.39 Å². The molecule has 8 heteroatoms. The van der Waals surface area contributed by atoms with E-state index in [9.17, 15) is 8.78 Å². The van der Waals surface area contributed by atoms with Crippen molar-refractivity contribution in [2.45, 2.75) is 32.7 Å². The van der Waals surface area contributed by atoms with Gasteiger partial charge in [-0.2, -0.15) is 0 Å². The van der Waals surface area contributed by atoms with Crippen LogP contribution in [-0.4, -0.2) is 35.8 Å². The molecular weight excluding hydrogens is 362 g/mol. The summed E-state index contributed by atoms with van der Waals surface area (Å²) >= 11 is 0. The quantitative estimate of drug-likeness (QED) is 0.457. The maximum atomic E-state index is 14.1. The van der Waals surface area contributed by atoms with Gasteiger partial charge in [0, 0.05) is 31.6 Å². The van der Waals surface area contributed by atoms with E-state index in [2.05, 4.69) is 20.1 Å². The molecule has 28 heavy (non-hydrogen) atoms. The van der Waals surface area contributed by atoms with E-state index < -0.39 is 0 Å². The van der Waals surface area contributed by atoms with Crippen molar-refractivity contribution in [3.63, 3.8) is 0 Å². The summed E-state index contributed by atoms with van der Waals surface area (Å²) in [6, 6.07) is 6.64. The monoisotopic (exact) mass is 382 g/mol. The van der Waals surface area contributed by atoms with Crippen molar-refractivity contribution in [2.24, 2.45) is 0 Å². The SMILES string of the molecule is Cc1nc(-c2cn3ccnc3c(Cc3ccccc3F)n2)nn1CCCCF. The van der Waals surface area contributed by atoms with Gasteiger partial charge in [0.15, 0.2) is 5.65 Å². The number of fused-ring (bicyclic) bond motifs is 1. The number of rotatable bonds is 7. The lowest BCUT2D eigenvalue weighted by Gasteiger charge is -2.07. The van der Waals surface area contributed by atoms with Crippen molar-refractivity contribution < 1.29 is 8.78 Å². The molecular formula is C20H20F2N6. The summed E-state index contributed by atoms with van der Waals surface area (Å²) in [6.07, 6.45) is 6.83. The lowest BCUT2D eigenvalue weighted by Crippen LogP contribution is -2.04. The number of unbranched alkanes of at least 4 members (excludes halogenated alkanes) is 1. The Kier molecular flexibility index (Phi) is 5.10. The zero-order chi connectivity index (χ0) is 19.5. The highest BCUT2D eigenvalue weighted by atomic mass is 19.1. The van der Waals surface area contributed by atoms with Crippen LogP contribution in [0.2, 0.25) is 0 Å². The predicted octanol–water partition coefficient (Wildman–Crippen LogP) is 3.78. The highest BCUT2D eigenvalue weighted by molar-refractivity contribution is 5.55. The third kappa shape index (κ3) is 3.62. The summed E-state index contributed by atoms with van der Waals surface area (Å²) in [6.45, 7) is 2.14. The second kappa shape index (κ2) is 7.84. The first-order valence-corrected chi connectivity index (χ1v) is 9.19. The van der Waals surface area contributed by atoms with E-state index in [-0.39, 0.29) is 12.5 Å². The summed E-state index contributed by atoms with van der Waals surface area (Å²) < 4.78 is 30.1. The van der Waals surface area contributed by atoms with E-state index in [4.69, 9.17) is 0 Å². The van der Waals surface area contributed by atoms with Crippen molar-refractivity contribution in [3.8, 4) is 11.5 Å². The van der Waals surface area contributed by atoms with Gasteiger partial charge in [0.2, 0.25) is 5.82 Å². The van der Waals surface area contributed by atoms with Crippen LogP contribution in [0.5, 0.6) is 0 Å². The van der Waals surface area contributed by atoms with Crippen LogP contribution in [0.1, 0.15) is 29.9 Å². The number of nitrogens with zero attached hydrogens (tertiary/aromatic N) is 6. The van der Waals surface area contributed by atoms with Crippen molar-refractivity contribution in [2.75, 3.05) is 6.67 Å². The van der Waals surface area contributed by atoms with Gasteiger partial charge in [-0.15, -0.1) is 5.10 Å². The fraction of sp³-hybridized carbons (Fsp3) is 0.300. The number of alkyl halides is 1. The van der Waals surface area contributed by atoms with E-state index in [0.717, 1.165) is 5.82 Å². The molecule has 0 saturated carbocycles. The van der Waals surface area contributed by atoms with E-state index >= 15 is 0 Å². The van der Waals surface area contributed by atoms with E-state index in [1.807, 2.05) is 23.7 Å². The fourth-order valence-corrected chi connectivity index (χ4v) is 3.14. The van der Waals surface area contributed by atoms with Gasteiger partial charge in [0.25, 0.3) is 0 Å². The van der Waals surface area contributed by atoms with Gasteiger partial charge in [-0.25, -0.2) is 24.0 Å². The molecule has 0 aliphatic carbocycles. The number of halogens is 2. The number of aryl methyl sites for hydroxylation is 2. The first-order valence-electron chi connectivity index (χ1n) is 9.19. The summed E-state index contributed by atoms with van der Waals surface area (Å²) in [4.78, 5) is 13.5. The average molecular weight is 382 g/mol. The molecule has 0 unspecified atom stereocenters. The van der Waals surface area contributed by atoms with Gasteiger partial charge in [0.1, 0.15) is 17.3 Å². The summed E-state index contributed by atoms with van der Waals surface area (Å²) in [7, 11) is 0. The Morgan fingerprint density at radius 1 is 1.11 bits per heavy atom. The Hall–Kier alpha value is -3.16. The summed E-state index contributed by atoms with van der Waals surface area (Å²) in [5, 5.41) is 4.52. The van der Waals surface area contributed by atoms with E-state index in [1.165, 1.54) is 6.07 Å². The minimum Gasteiger partial charge on any atom is -0.303 e. The molecule has 4 aromatic rings. The molecule has 6 nitrogen and oxygen atoms in total. The standard InChI is InChI=1S/C20H20F2N6/c1-14-24-19(26-28(14)10-5-4-8-21)18-13-27-11-9-23-20(27)17(25-18)12-15-6-2-3-7-16(15)22/h2-3,6-7,9,11,13H,4-5,8,10,12H2,1H3. The molecule has 0 radical (unpaired) electrons. The van der Waals surface area contributed by atoms with Crippen LogP contribution < -0.4 is 0 Å². The molecule has 0 atom stereocenters. The molecule has 3 aromatic heterocycles. The third-order valence-electron chi connectivity index (χ3n) is 4.60. The van der Waals surface area contributed by atoms with Gasteiger partial charge in [0.05, 0.1) is 12.4 Å². The fourth-order valence-electron chi connectivity index (χ4n) is 3.14. The average Bonchev–Trinajstić information content (AvgIpc) is 3.31. The lowest BCUT2D eigenvalue weighted by atomic mass is 10.1. The first-order chi connectivity index (χ1) is 13.7. The first kappa shape index (κ1) is 18.2. The van der Waals surface area contributed by atoms with Crippen molar-refractivity contribution >= 4 is 5.65 Å². The maximum Gasteiger partial charge on any atom is 0.201 e.